The van der Waals surface area contributed by atoms with Gasteiger partial charge in [0.25, 0.3) is 5.91 Å². The highest BCUT2D eigenvalue weighted by Crippen LogP contribution is 2.21. The molecule has 0 spiro atoms. The fourth-order valence-electron chi connectivity index (χ4n) is 4.06. The topological polar surface area (TPSA) is 69.6 Å². The van der Waals surface area contributed by atoms with E-state index in [1.807, 2.05) is 24.1 Å². The molecule has 2 atom stereocenters. The number of benzene rings is 1. The molecule has 174 valence electrons. The number of piperazine rings is 1. The maximum atomic E-state index is 12.6. The molecule has 0 aromatic heterocycles. The lowest BCUT2D eigenvalue weighted by atomic mass is 10.1. The number of carbonyl (C=O) groups excluding carboxylic acids is 1. The molecule has 3 rings (SSSR count). The third-order valence-corrected chi connectivity index (χ3v) is 5.89. The van der Waals surface area contributed by atoms with Crippen molar-refractivity contribution in [3.63, 3.8) is 0 Å². The fraction of sp³-hybridized carbons (Fsp3) is 0.636. The van der Waals surface area contributed by atoms with E-state index in [9.17, 15) is 4.79 Å². The van der Waals surface area contributed by atoms with Crippen molar-refractivity contribution in [2.24, 2.45) is 4.99 Å². The van der Waals surface area contributed by atoms with Crippen LogP contribution in [-0.4, -0.2) is 100 Å². The Bertz CT molecular complexity index is 714. The molecule has 1 N–H and O–H groups in total. The Morgan fingerprint density at radius 1 is 1.23 bits per heavy atom. The van der Waals surface area contributed by atoms with Gasteiger partial charge < -0.3 is 29.5 Å². The summed E-state index contributed by atoms with van der Waals surface area (Å²) in [7, 11) is 7.64. The van der Waals surface area contributed by atoms with Crippen LogP contribution in [0.25, 0.3) is 0 Å². The minimum atomic E-state index is -0.237. The smallest absolute Gasteiger partial charge is 0.251 e. The van der Waals surface area contributed by atoms with Gasteiger partial charge in [-0.05, 0) is 44.6 Å². The van der Waals surface area contributed by atoms with Crippen molar-refractivity contribution in [2.45, 2.75) is 25.0 Å². The monoisotopic (exact) mass is 545 g/mol. The number of halogens is 1. The van der Waals surface area contributed by atoms with Crippen LogP contribution in [0.2, 0.25) is 0 Å². The molecule has 2 aliphatic rings. The molecule has 1 aromatic carbocycles. The quantitative estimate of drug-likeness (QED) is 0.334. The SMILES string of the molecule is CN=C(NCC(c1ccc(OC)cc1)N(C)C)N1CCN(C(=O)C2CCCO2)CC1.I. The summed E-state index contributed by atoms with van der Waals surface area (Å²) in [6.45, 7) is 4.39. The molecule has 2 heterocycles. The van der Waals surface area contributed by atoms with Crippen molar-refractivity contribution in [3.8, 4) is 5.75 Å². The van der Waals surface area contributed by atoms with Crippen LogP contribution in [-0.2, 0) is 9.53 Å². The first-order chi connectivity index (χ1) is 14.5. The number of hydrogen-bond donors (Lipinski definition) is 1. The molecular formula is C22H36IN5O3. The van der Waals surface area contributed by atoms with Gasteiger partial charge in [-0.1, -0.05) is 12.1 Å². The lowest BCUT2D eigenvalue weighted by Crippen LogP contribution is -2.55. The summed E-state index contributed by atoms with van der Waals surface area (Å²) in [5.74, 6) is 1.87. The zero-order valence-corrected chi connectivity index (χ0v) is 21.4. The van der Waals surface area contributed by atoms with E-state index in [-0.39, 0.29) is 42.0 Å². The van der Waals surface area contributed by atoms with Crippen molar-refractivity contribution < 1.29 is 14.3 Å². The Morgan fingerprint density at radius 3 is 2.39 bits per heavy atom. The lowest BCUT2D eigenvalue weighted by molar-refractivity contribution is -0.142. The second-order valence-corrected chi connectivity index (χ2v) is 7.99. The van der Waals surface area contributed by atoms with Crippen LogP contribution in [0.15, 0.2) is 29.3 Å². The highest BCUT2D eigenvalue weighted by Gasteiger charge is 2.31. The lowest BCUT2D eigenvalue weighted by Gasteiger charge is -2.38. The van der Waals surface area contributed by atoms with Gasteiger partial charge in [-0.15, -0.1) is 24.0 Å². The third kappa shape index (κ3) is 6.69. The Kier molecular flexibility index (Phi) is 10.3. The van der Waals surface area contributed by atoms with Crippen molar-refractivity contribution >= 4 is 35.8 Å². The van der Waals surface area contributed by atoms with Crippen LogP contribution in [0.3, 0.4) is 0 Å². The first kappa shape index (κ1) is 25.7. The van der Waals surface area contributed by atoms with E-state index in [1.165, 1.54) is 5.56 Å². The Hall–Kier alpha value is -1.59. The summed E-state index contributed by atoms with van der Waals surface area (Å²) in [4.78, 5) is 23.4. The molecule has 2 unspecified atom stereocenters. The van der Waals surface area contributed by atoms with Crippen molar-refractivity contribution in [1.82, 2.24) is 20.0 Å². The second-order valence-electron chi connectivity index (χ2n) is 7.99. The van der Waals surface area contributed by atoms with Gasteiger partial charge in [0.2, 0.25) is 0 Å². The van der Waals surface area contributed by atoms with Crippen molar-refractivity contribution in [2.75, 3.05) is 67.6 Å². The molecule has 2 aliphatic heterocycles. The van der Waals surface area contributed by atoms with E-state index in [0.29, 0.717) is 19.7 Å². The highest BCUT2D eigenvalue weighted by molar-refractivity contribution is 14.0. The Balaban J connectivity index is 0.00000341. The molecule has 0 aliphatic carbocycles. The second kappa shape index (κ2) is 12.4. The van der Waals surface area contributed by atoms with Crippen LogP contribution in [0.4, 0.5) is 0 Å². The number of amides is 1. The van der Waals surface area contributed by atoms with Crippen LogP contribution in [0.1, 0.15) is 24.4 Å². The van der Waals surface area contributed by atoms with Crippen LogP contribution < -0.4 is 10.1 Å². The number of carbonyl (C=O) groups is 1. The van der Waals surface area contributed by atoms with Gasteiger partial charge >= 0.3 is 0 Å². The first-order valence-electron chi connectivity index (χ1n) is 10.7. The van der Waals surface area contributed by atoms with Gasteiger partial charge in [-0.25, -0.2) is 0 Å². The van der Waals surface area contributed by atoms with Gasteiger partial charge in [-0.2, -0.15) is 0 Å². The van der Waals surface area contributed by atoms with E-state index >= 15 is 0 Å². The van der Waals surface area contributed by atoms with E-state index in [0.717, 1.165) is 44.2 Å². The maximum Gasteiger partial charge on any atom is 0.251 e. The average molecular weight is 545 g/mol. The molecule has 2 saturated heterocycles. The number of methoxy groups -OCH3 is 1. The number of likely N-dealkylation sites (N-methyl/N-ethyl adjacent to an activating group) is 1. The van der Waals surface area contributed by atoms with Crippen molar-refractivity contribution in [3.05, 3.63) is 29.8 Å². The van der Waals surface area contributed by atoms with E-state index in [1.54, 1.807) is 7.11 Å². The molecular weight excluding hydrogens is 509 g/mol. The van der Waals surface area contributed by atoms with Crippen LogP contribution in [0.5, 0.6) is 5.75 Å². The zero-order chi connectivity index (χ0) is 21.5. The largest absolute Gasteiger partial charge is 0.497 e. The molecule has 0 radical (unpaired) electrons. The van der Waals surface area contributed by atoms with E-state index in [4.69, 9.17) is 9.47 Å². The molecule has 1 aromatic rings. The molecule has 9 heteroatoms. The predicted molar refractivity (Wildman–Crippen MR) is 133 cm³/mol. The molecule has 2 fully saturated rings. The Morgan fingerprint density at radius 2 is 1.87 bits per heavy atom. The van der Waals surface area contributed by atoms with Gasteiger partial charge in [0, 0.05) is 46.4 Å². The highest BCUT2D eigenvalue weighted by atomic mass is 127. The zero-order valence-electron chi connectivity index (χ0n) is 19.0. The number of hydrogen-bond acceptors (Lipinski definition) is 5. The number of ether oxygens (including phenoxy) is 2. The van der Waals surface area contributed by atoms with Gasteiger partial charge in [-0.3, -0.25) is 9.79 Å². The van der Waals surface area contributed by atoms with Crippen LogP contribution in [0, 0.1) is 0 Å². The molecule has 8 nitrogen and oxygen atoms in total. The molecule has 0 bridgehead atoms. The summed E-state index contributed by atoms with van der Waals surface area (Å²) < 4.78 is 10.8. The number of rotatable bonds is 6. The standard InChI is InChI=1S/C22H35N5O3.HI/c1-23-22(24-16-19(25(2)3)17-7-9-18(29-4)10-8-17)27-13-11-26(12-14-27)21(28)20-6-5-15-30-20;/h7-10,19-20H,5-6,11-16H2,1-4H3,(H,23,24);1H. The molecule has 0 saturated carbocycles. The normalized spacial score (nSPS) is 20.4. The minimum Gasteiger partial charge on any atom is -0.497 e. The maximum absolute atomic E-state index is 12.6. The first-order valence-corrected chi connectivity index (χ1v) is 10.7. The molecule has 1 amide bonds. The summed E-state index contributed by atoms with van der Waals surface area (Å²) >= 11 is 0. The number of nitrogens with zero attached hydrogens (tertiary/aromatic N) is 4. The number of aliphatic imine (C=N–C) groups is 1. The third-order valence-electron chi connectivity index (χ3n) is 5.89. The predicted octanol–water partition coefficient (Wildman–Crippen LogP) is 1.81. The fourth-order valence-corrected chi connectivity index (χ4v) is 4.06. The number of guanidine groups is 1. The van der Waals surface area contributed by atoms with Gasteiger partial charge in [0.15, 0.2) is 5.96 Å². The van der Waals surface area contributed by atoms with Gasteiger partial charge in [0.05, 0.1) is 13.2 Å². The number of nitrogens with one attached hydrogen (secondary N) is 1. The summed E-state index contributed by atoms with van der Waals surface area (Å²) in [5.41, 5.74) is 1.22. The summed E-state index contributed by atoms with van der Waals surface area (Å²) in [5, 5.41) is 3.52. The molecule has 31 heavy (non-hydrogen) atoms. The average Bonchev–Trinajstić information content (AvgIpc) is 3.31. The minimum absolute atomic E-state index is 0. The van der Waals surface area contributed by atoms with Crippen molar-refractivity contribution in [1.29, 1.82) is 0 Å². The van der Waals surface area contributed by atoms with Crippen LogP contribution >= 0.6 is 24.0 Å². The van der Waals surface area contributed by atoms with E-state index in [2.05, 4.69) is 46.3 Å². The Labute approximate surface area is 203 Å². The summed E-state index contributed by atoms with van der Waals surface area (Å²) in [6, 6.07) is 8.39. The summed E-state index contributed by atoms with van der Waals surface area (Å²) in [6.07, 6.45) is 1.59. The van der Waals surface area contributed by atoms with Gasteiger partial charge in [0.1, 0.15) is 11.9 Å². The van der Waals surface area contributed by atoms with E-state index < -0.39 is 0 Å².